The number of H-pyrrole nitrogens is 1. The quantitative estimate of drug-likeness (QED) is 0.341. The number of nitrogens with zero attached hydrogens (tertiary/aromatic N) is 2. The van der Waals surface area contributed by atoms with Crippen LogP contribution in [0.15, 0.2) is 65.8 Å². The average molecular weight is 430 g/mol. The van der Waals surface area contributed by atoms with Crippen molar-refractivity contribution in [1.29, 1.82) is 0 Å². The van der Waals surface area contributed by atoms with Gasteiger partial charge in [-0.3, -0.25) is 9.89 Å². The molecule has 0 saturated carbocycles. The number of amides is 1. The molecule has 8 heteroatoms. The van der Waals surface area contributed by atoms with Crippen molar-refractivity contribution in [3.05, 3.63) is 71.9 Å². The van der Waals surface area contributed by atoms with Gasteiger partial charge in [0.1, 0.15) is 5.69 Å². The lowest BCUT2D eigenvalue weighted by molar-refractivity contribution is 0.0950. The lowest BCUT2D eigenvalue weighted by atomic mass is 10.0. The Morgan fingerprint density at radius 3 is 2.41 bits per heavy atom. The van der Waals surface area contributed by atoms with Crippen LogP contribution in [0.3, 0.4) is 0 Å². The summed E-state index contributed by atoms with van der Waals surface area (Å²) in [6.07, 6.45) is 1.49. The number of nitrogens with one attached hydrogen (secondary N) is 2. The van der Waals surface area contributed by atoms with Crippen molar-refractivity contribution in [3.63, 3.8) is 0 Å². The molecule has 0 aliphatic heterocycles. The Morgan fingerprint density at radius 1 is 0.969 bits per heavy atom. The molecule has 1 heterocycles. The molecule has 0 saturated heterocycles. The fourth-order valence-electron chi connectivity index (χ4n) is 3.43. The summed E-state index contributed by atoms with van der Waals surface area (Å²) in [6.45, 7) is 0. The number of carbonyl (C=O) groups is 1. The van der Waals surface area contributed by atoms with Gasteiger partial charge in [-0.05, 0) is 29.0 Å². The van der Waals surface area contributed by atoms with E-state index in [1.165, 1.54) is 27.5 Å². The van der Waals surface area contributed by atoms with Crippen molar-refractivity contribution < 1.29 is 19.0 Å². The summed E-state index contributed by atoms with van der Waals surface area (Å²) in [7, 11) is 4.60. The molecule has 4 rings (SSSR count). The first-order valence-corrected chi connectivity index (χ1v) is 9.81. The zero-order valence-corrected chi connectivity index (χ0v) is 17.9. The first kappa shape index (κ1) is 20.9. The predicted molar refractivity (Wildman–Crippen MR) is 123 cm³/mol. The molecule has 1 aromatic heterocycles. The highest BCUT2D eigenvalue weighted by molar-refractivity contribution is 5.98. The number of hydrazone groups is 1. The maximum Gasteiger partial charge on any atom is 0.289 e. The summed E-state index contributed by atoms with van der Waals surface area (Å²) in [4.78, 5) is 12.5. The van der Waals surface area contributed by atoms with E-state index < -0.39 is 5.91 Å². The molecule has 1 amide bonds. The summed E-state index contributed by atoms with van der Waals surface area (Å²) in [5.41, 5.74) is 5.09. The van der Waals surface area contributed by atoms with Gasteiger partial charge in [-0.1, -0.05) is 42.5 Å². The van der Waals surface area contributed by atoms with Gasteiger partial charge in [0.25, 0.3) is 5.91 Å². The van der Waals surface area contributed by atoms with Crippen molar-refractivity contribution in [2.45, 2.75) is 0 Å². The van der Waals surface area contributed by atoms with Crippen LogP contribution in [-0.4, -0.2) is 43.6 Å². The Morgan fingerprint density at radius 2 is 1.69 bits per heavy atom. The Labute approximate surface area is 184 Å². The van der Waals surface area contributed by atoms with Crippen LogP contribution in [0.1, 0.15) is 16.1 Å². The minimum Gasteiger partial charge on any atom is -0.493 e. The number of carbonyl (C=O) groups excluding carboxylic acids is 1. The Kier molecular flexibility index (Phi) is 6.03. The van der Waals surface area contributed by atoms with E-state index in [1.54, 1.807) is 18.2 Å². The fourth-order valence-corrected chi connectivity index (χ4v) is 3.43. The van der Waals surface area contributed by atoms with Crippen LogP contribution in [0.2, 0.25) is 0 Å². The van der Waals surface area contributed by atoms with Crippen molar-refractivity contribution in [3.8, 4) is 28.5 Å². The highest BCUT2D eigenvalue weighted by Gasteiger charge is 2.14. The molecule has 0 atom stereocenters. The van der Waals surface area contributed by atoms with Crippen LogP contribution < -0.4 is 19.6 Å². The minimum atomic E-state index is -0.410. The van der Waals surface area contributed by atoms with E-state index in [2.05, 4.69) is 20.7 Å². The van der Waals surface area contributed by atoms with Gasteiger partial charge in [0.15, 0.2) is 11.5 Å². The topological polar surface area (TPSA) is 97.8 Å². The number of aromatic nitrogens is 2. The molecule has 0 unspecified atom stereocenters. The van der Waals surface area contributed by atoms with E-state index in [-0.39, 0.29) is 0 Å². The largest absolute Gasteiger partial charge is 0.493 e. The van der Waals surface area contributed by atoms with Gasteiger partial charge in [0.2, 0.25) is 5.75 Å². The van der Waals surface area contributed by atoms with Crippen molar-refractivity contribution >= 4 is 22.9 Å². The van der Waals surface area contributed by atoms with Crippen LogP contribution in [0.4, 0.5) is 0 Å². The van der Waals surface area contributed by atoms with Crippen molar-refractivity contribution in [1.82, 2.24) is 15.6 Å². The van der Waals surface area contributed by atoms with E-state index in [0.717, 1.165) is 16.3 Å². The van der Waals surface area contributed by atoms with Gasteiger partial charge in [0.05, 0.1) is 33.2 Å². The normalized spacial score (nSPS) is 11.0. The Bertz CT molecular complexity index is 1270. The molecule has 0 radical (unpaired) electrons. The molecule has 2 N–H and O–H groups in total. The molecule has 0 aliphatic carbocycles. The van der Waals surface area contributed by atoms with Gasteiger partial charge < -0.3 is 14.2 Å². The van der Waals surface area contributed by atoms with Gasteiger partial charge in [-0.25, -0.2) is 5.43 Å². The lowest BCUT2D eigenvalue weighted by Crippen LogP contribution is -2.18. The summed E-state index contributed by atoms with van der Waals surface area (Å²) in [5.74, 6) is 1.06. The number of hydrogen-bond donors (Lipinski definition) is 2. The number of rotatable bonds is 7. The predicted octanol–water partition coefficient (Wildman–Crippen LogP) is 4.02. The van der Waals surface area contributed by atoms with Gasteiger partial charge in [-0.15, -0.1) is 0 Å². The maximum absolute atomic E-state index is 12.5. The zero-order valence-electron chi connectivity index (χ0n) is 17.9. The standard InChI is InChI=1S/C24H22N4O4/c1-30-21-11-15(12-22(31-2)23(21)32-3)14-25-28-24(29)20-13-19(26-27-20)18-10-6-8-16-7-4-5-9-17(16)18/h4-14H,1-3H3,(H,26,27)(H,28,29). The van der Waals surface area contributed by atoms with Crippen molar-refractivity contribution in [2.75, 3.05) is 21.3 Å². The highest BCUT2D eigenvalue weighted by Crippen LogP contribution is 2.37. The monoisotopic (exact) mass is 430 g/mol. The number of aromatic amines is 1. The van der Waals surface area contributed by atoms with Crippen molar-refractivity contribution in [2.24, 2.45) is 5.10 Å². The van der Waals surface area contributed by atoms with E-state index in [9.17, 15) is 4.79 Å². The molecule has 32 heavy (non-hydrogen) atoms. The maximum atomic E-state index is 12.5. The summed E-state index contributed by atoms with van der Waals surface area (Å²) < 4.78 is 16.0. The second kappa shape index (κ2) is 9.22. The summed E-state index contributed by atoms with van der Waals surface area (Å²) in [5, 5.41) is 13.3. The smallest absolute Gasteiger partial charge is 0.289 e. The molecule has 8 nitrogen and oxygen atoms in total. The third kappa shape index (κ3) is 4.11. The van der Waals surface area contributed by atoms with Crippen LogP contribution in [0, 0.1) is 0 Å². The number of ether oxygens (including phenoxy) is 3. The number of benzene rings is 3. The van der Waals surface area contributed by atoms with Crippen LogP contribution in [0.25, 0.3) is 22.0 Å². The fraction of sp³-hybridized carbons (Fsp3) is 0.125. The van der Waals surface area contributed by atoms with Crippen LogP contribution in [-0.2, 0) is 0 Å². The van der Waals surface area contributed by atoms with Gasteiger partial charge >= 0.3 is 0 Å². The van der Waals surface area contributed by atoms with Crippen LogP contribution in [0.5, 0.6) is 17.2 Å². The second-order valence-electron chi connectivity index (χ2n) is 6.85. The van der Waals surface area contributed by atoms with E-state index in [4.69, 9.17) is 14.2 Å². The number of hydrogen-bond acceptors (Lipinski definition) is 6. The second-order valence-corrected chi connectivity index (χ2v) is 6.85. The first-order chi connectivity index (χ1) is 15.6. The SMILES string of the molecule is COc1cc(C=NNC(=O)c2cc(-c3cccc4ccccc34)n[nH]2)cc(OC)c1OC. The molecular weight excluding hydrogens is 408 g/mol. The molecule has 0 bridgehead atoms. The zero-order chi connectivity index (χ0) is 22.5. The molecule has 0 spiro atoms. The number of methoxy groups -OCH3 is 3. The van der Waals surface area contributed by atoms with Crippen LogP contribution >= 0.6 is 0 Å². The Hall–Kier alpha value is -4.33. The third-order valence-electron chi connectivity index (χ3n) is 4.95. The van der Waals surface area contributed by atoms with E-state index in [1.807, 2.05) is 42.5 Å². The van der Waals surface area contributed by atoms with E-state index >= 15 is 0 Å². The lowest BCUT2D eigenvalue weighted by Gasteiger charge is -2.12. The molecule has 4 aromatic rings. The highest BCUT2D eigenvalue weighted by atomic mass is 16.5. The molecule has 0 aliphatic rings. The third-order valence-corrected chi connectivity index (χ3v) is 4.95. The number of fused-ring (bicyclic) bond motifs is 1. The molecule has 3 aromatic carbocycles. The van der Waals surface area contributed by atoms with Gasteiger partial charge in [-0.2, -0.15) is 10.2 Å². The summed E-state index contributed by atoms with van der Waals surface area (Å²) in [6, 6.07) is 19.2. The first-order valence-electron chi connectivity index (χ1n) is 9.81. The molecular formula is C24H22N4O4. The Balaban J connectivity index is 1.51. The molecule has 0 fully saturated rings. The minimum absolute atomic E-state index is 0.301. The summed E-state index contributed by atoms with van der Waals surface area (Å²) >= 11 is 0. The van der Waals surface area contributed by atoms with E-state index in [0.29, 0.717) is 34.2 Å². The average Bonchev–Trinajstić information content (AvgIpc) is 3.33. The van der Waals surface area contributed by atoms with Gasteiger partial charge in [0, 0.05) is 11.1 Å². The molecule has 162 valence electrons.